The van der Waals surface area contributed by atoms with Crippen LogP contribution in [0.1, 0.15) is 30.0 Å². The van der Waals surface area contributed by atoms with Gasteiger partial charge in [-0.25, -0.2) is 0 Å². The zero-order valence-electron chi connectivity index (χ0n) is 18.3. The summed E-state index contributed by atoms with van der Waals surface area (Å²) < 4.78 is 0. The van der Waals surface area contributed by atoms with Crippen LogP contribution in [0.25, 0.3) is 11.1 Å². The van der Waals surface area contributed by atoms with Gasteiger partial charge in [-0.3, -0.25) is 4.79 Å². The summed E-state index contributed by atoms with van der Waals surface area (Å²) in [5, 5.41) is 13.5. The number of carbonyl (C=O) groups is 1. The Balaban J connectivity index is 1.36. The standard InChI is InChI=1S/C27H28N2O3/c1-2-25(22-13-11-21(12-14-22)20-7-4-3-5-8-20)28-32-18-17-29-16-15-24-23(19-27(30)31)9-6-10-26(24)29/h3-14H,2,15-19H2,1H3,(H,30,31). The highest BCUT2D eigenvalue weighted by Gasteiger charge is 2.22. The Labute approximate surface area is 189 Å². The van der Waals surface area contributed by atoms with Gasteiger partial charge in [0.2, 0.25) is 0 Å². The van der Waals surface area contributed by atoms with Crippen molar-refractivity contribution in [3.05, 3.63) is 89.5 Å². The molecule has 0 atom stereocenters. The SMILES string of the molecule is CCC(=NOCCN1CCc2c(CC(=O)O)cccc21)c1ccc(-c2ccccc2)cc1. The summed E-state index contributed by atoms with van der Waals surface area (Å²) in [6, 6.07) is 24.6. The molecule has 0 saturated heterocycles. The van der Waals surface area contributed by atoms with Crippen LogP contribution in [0.5, 0.6) is 0 Å². The molecule has 1 aliphatic rings. The van der Waals surface area contributed by atoms with E-state index in [2.05, 4.69) is 59.4 Å². The van der Waals surface area contributed by atoms with E-state index in [0.717, 1.165) is 54.0 Å². The first-order valence-corrected chi connectivity index (χ1v) is 11.1. The highest BCUT2D eigenvalue weighted by Crippen LogP contribution is 2.30. The summed E-state index contributed by atoms with van der Waals surface area (Å²) in [5.74, 6) is -0.793. The Hall–Kier alpha value is -3.60. The topological polar surface area (TPSA) is 62.1 Å². The fraction of sp³-hybridized carbons (Fsp3) is 0.259. The minimum atomic E-state index is -0.793. The molecule has 5 nitrogen and oxygen atoms in total. The van der Waals surface area contributed by atoms with Crippen molar-refractivity contribution in [2.45, 2.75) is 26.2 Å². The number of hydrogen-bond acceptors (Lipinski definition) is 4. The zero-order chi connectivity index (χ0) is 22.3. The number of carboxylic acids is 1. The highest BCUT2D eigenvalue weighted by atomic mass is 16.6. The number of rotatable bonds is 9. The average Bonchev–Trinajstić information content (AvgIpc) is 3.24. The summed E-state index contributed by atoms with van der Waals surface area (Å²) >= 11 is 0. The lowest BCUT2D eigenvalue weighted by Crippen LogP contribution is -2.24. The molecule has 3 aromatic rings. The van der Waals surface area contributed by atoms with E-state index in [-0.39, 0.29) is 6.42 Å². The van der Waals surface area contributed by atoms with E-state index in [1.165, 1.54) is 11.1 Å². The number of carboxylic acid groups (broad SMARTS) is 1. The van der Waals surface area contributed by atoms with Crippen molar-refractivity contribution >= 4 is 17.4 Å². The van der Waals surface area contributed by atoms with Crippen molar-refractivity contribution in [2.75, 3.05) is 24.6 Å². The number of fused-ring (bicyclic) bond motifs is 1. The minimum Gasteiger partial charge on any atom is -0.481 e. The fourth-order valence-corrected chi connectivity index (χ4v) is 4.22. The maximum atomic E-state index is 11.1. The third-order valence-electron chi connectivity index (χ3n) is 5.85. The lowest BCUT2D eigenvalue weighted by atomic mass is 10.0. The van der Waals surface area contributed by atoms with Crippen LogP contribution in [-0.4, -0.2) is 36.5 Å². The van der Waals surface area contributed by atoms with Gasteiger partial charge in [0.25, 0.3) is 0 Å². The van der Waals surface area contributed by atoms with Crippen LogP contribution in [0.3, 0.4) is 0 Å². The second-order valence-electron chi connectivity index (χ2n) is 7.89. The first-order chi connectivity index (χ1) is 15.7. The maximum Gasteiger partial charge on any atom is 0.307 e. The summed E-state index contributed by atoms with van der Waals surface area (Å²) in [6.07, 6.45) is 1.73. The van der Waals surface area contributed by atoms with E-state index in [1.807, 2.05) is 30.3 Å². The quantitative estimate of drug-likeness (QED) is 0.290. The third kappa shape index (κ3) is 4.99. The highest BCUT2D eigenvalue weighted by molar-refractivity contribution is 6.00. The number of nitrogens with zero attached hydrogens (tertiary/aromatic N) is 2. The van der Waals surface area contributed by atoms with E-state index in [1.54, 1.807) is 0 Å². The molecule has 0 fully saturated rings. The first-order valence-electron chi connectivity index (χ1n) is 11.1. The largest absolute Gasteiger partial charge is 0.481 e. The van der Waals surface area contributed by atoms with Gasteiger partial charge in [-0.05, 0) is 46.7 Å². The Morgan fingerprint density at radius 2 is 1.75 bits per heavy atom. The van der Waals surface area contributed by atoms with Crippen LogP contribution in [0.2, 0.25) is 0 Å². The van der Waals surface area contributed by atoms with Crippen molar-refractivity contribution in [1.82, 2.24) is 0 Å². The van der Waals surface area contributed by atoms with Crippen LogP contribution >= 0.6 is 0 Å². The van der Waals surface area contributed by atoms with Crippen molar-refractivity contribution in [1.29, 1.82) is 0 Å². The van der Waals surface area contributed by atoms with E-state index >= 15 is 0 Å². The van der Waals surface area contributed by atoms with Gasteiger partial charge in [-0.2, -0.15) is 0 Å². The monoisotopic (exact) mass is 428 g/mol. The van der Waals surface area contributed by atoms with Gasteiger partial charge < -0.3 is 14.8 Å². The molecule has 0 saturated carbocycles. The zero-order valence-corrected chi connectivity index (χ0v) is 18.3. The van der Waals surface area contributed by atoms with Crippen LogP contribution in [0.4, 0.5) is 5.69 Å². The second kappa shape index (κ2) is 10.1. The number of anilines is 1. The molecular weight excluding hydrogens is 400 g/mol. The molecule has 0 unspecified atom stereocenters. The smallest absolute Gasteiger partial charge is 0.307 e. The van der Waals surface area contributed by atoms with Crippen molar-refractivity contribution in [3.8, 4) is 11.1 Å². The van der Waals surface area contributed by atoms with E-state index in [4.69, 9.17) is 9.94 Å². The molecule has 0 spiro atoms. The number of benzene rings is 3. The van der Waals surface area contributed by atoms with Crippen molar-refractivity contribution < 1.29 is 14.7 Å². The summed E-state index contributed by atoms with van der Waals surface area (Å²) in [6.45, 7) is 4.15. The predicted molar refractivity (Wildman–Crippen MR) is 128 cm³/mol. The molecule has 5 heteroatoms. The molecular formula is C27H28N2O3. The maximum absolute atomic E-state index is 11.1. The van der Waals surface area contributed by atoms with E-state index in [0.29, 0.717) is 6.61 Å². The van der Waals surface area contributed by atoms with Gasteiger partial charge in [0, 0.05) is 12.2 Å². The molecule has 1 aliphatic heterocycles. The molecule has 32 heavy (non-hydrogen) atoms. The molecule has 0 amide bonds. The van der Waals surface area contributed by atoms with Gasteiger partial charge in [0.15, 0.2) is 0 Å². The second-order valence-corrected chi connectivity index (χ2v) is 7.89. The lowest BCUT2D eigenvalue weighted by Gasteiger charge is -2.19. The van der Waals surface area contributed by atoms with Crippen molar-refractivity contribution in [2.24, 2.45) is 5.16 Å². The molecule has 0 bridgehead atoms. The molecule has 0 aliphatic carbocycles. The Bertz CT molecular complexity index is 1090. The summed E-state index contributed by atoms with van der Waals surface area (Å²) in [7, 11) is 0. The van der Waals surface area contributed by atoms with Gasteiger partial charge in [-0.15, -0.1) is 0 Å². The summed E-state index contributed by atoms with van der Waals surface area (Å²) in [4.78, 5) is 19.0. The molecule has 1 N–H and O–H groups in total. The van der Waals surface area contributed by atoms with Crippen LogP contribution < -0.4 is 4.90 Å². The first kappa shape index (κ1) is 21.6. The van der Waals surface area contributed by atoms with Crippen LogP contribution in [0.15, 0.2) is 78.0 Å². The number of oxime groups is 1. The predicted octanol–water partition coefficient (Wildman–Crippen LogP) is 5.17. The molecule has 1 heterocycles. The number of aliphatic carboxylic acids is 1. The Kier molecular flexibility index (Phi) is 6.85. The number of hydrogen-bond donors (Lipinski definition) is 1. The third-order valence-corrected chi connectivity index (χ3v) is 5.85. The average molecular weight is 429 g/mol. The molecule has 0 aromatic heterocycles. The minimum absolute atomic E-state index is 0.0702. The van der Waals surface area contributed by atoms with Crippen LogP contribution in [-0.2, 0) is 22.5 Å². The molecule has 3 aromatic carbocycles. The van der Waals surface area contributed by atoms with Crippen molar-refractivity contribution in [3.63, 3.8) is 0 Å². The van der Waals surface area contributed by atoms with E-state index in [9.17, 15) is 4.79 Å². The lowest BCUT2D eigenvalue weighted by molar-refractivity contribution is -0.136. The molecule has 0 radical (unpaired) electrons. The van der Waals surface area contributed by atoms with E-state index < -0.39 is 5.97 Å². The van der Waals surface area contributed by atoms with Gasteiger partial charge in [0.05, 0.1) is 18.7 Å². The Morgan fingerprint density at radius 1 is 1.00 bits per heavy atom. The van der Waals surface area contributed by atoms with Gasteiger partial charge in [0.1, 0.15) is 6.61 Å². The Morgan fingerprint density at radius 3 is 2.47 bits per heavy atom. The molecule has 4 rings (SSSR count). The molecule has 164 valence electrons. The normalized spacial score (nSPS) is 13.2. The van der Waals surface area contributed by atoms with Gasteiger partial charge >= 0.3 is 5.97 Å². The van der Waals surface area contributed by atoms with Crippen LogP contribution in [0, 0.1) is 0 Å². The van der Waals surface area contributed by atoms with Gasteiger partial charge in [-0.1, -0.05) is 78.8 Å². The fourth-order valence-electron chi connectivity index (χ4n) is 4.22. The summed E-state index contributed by atoms with van der Waals surface area (Å²) in [5.41, 5.74) is 7.54.